The highest BCUT2D eigenvalue weighted by molar-refractivity contribution is 7.89. The average Bonchev–Trinajstić information content (AvgIpc) is 2.71. The van der Waals surface area contributed by atoms with E-state index in [0.29, 0.717) is 31.3 Å². The summed E-state index contributed by atoms with van der Waals surface area (Å²) < 4.78 is 26.9. The minimum Gasteiger partial charge on any atom is -0.361 e. The van der Waals surface area contributed by atoms with Crippen LogP contribution in [0.4, 0.5) is 11.5 Å². The zero-order valence-corrected chi connectivity index (χ0v) is 18.4. The number of hydrogen-bond acceptors (Lipinski definition) is 5. The number of sulfonamides is 1. The molecule has 2 aromatic rings. The third kappa shape index (κ3) is 5.65. The van der Waals surface area contributed by atoms with E-state index in [-0.39, 0.29) is 12.3 Å². The number of piperazine rings is 1. The highest BCUT2D eigenvalue weighted by Gasteiger charge is 2.27. The predicted molar refractivity (Wildman–Crippen MR) is 122 cm³/mol. The van der Waals surface area contributed by atoms with E-state index in [4.69, 9.17) is 12.2 Å². The van der Waals surface area contributed by atoms with Crippen molar-refractivity contribution in [2.45, 2.75) is 13.8 Å². The highest BCUT2D eigenvalue weighted by atomic mass is 32.2. The Morgan fingerprint density at radius 1 is 1.07 bits per heavy atom. The number of thiocarbonyl (C=S) groups is 1. The second kappa shape index (κ2) is 9.51. The molecule has 1 aromatic heterocycles. The molecule has 1 aliphatic rings. The molecule has 0 radical (unpaired) electrons. The van der Waals surface area contributed by atoms with Crippen molar-refractivity contribution in [1.29, 1.82) is 0 Å². The zero-order valence-electron chi connectivity index (χ0n) is 16.8. The van der Waals surface area contributed by atoms with Crippen LogP contribution in [-0.2, 0) is 10.0 Å². The summed E-state index contributed by atoms with van der Waals surface area (Å²) in [5, 5.41) is 6.60. The monoisotopic (exact) mass is 433 g/mol. The van der Waals surface area contributed by atoms with E-state index in [9.17, 15) is 8.42 Å². The van der Waals surface area contributed by atoms with Gasteiger partial charge in [-0.05, 0) is 49.3 Å². The van der Waals surface area contributed by atoms with Gasteiger partial charge in [0.05, 0.1) is 5.75 Å². The summed E-state index contributed by atoms with van der Waals surface area (Å²) in [6.45, 7) is 6.47. The lowest BCUT2D eigenvalue weighted by Crippen LogP contribution is -2.50. The van der Waals surface area contributed by atoms with Crippen LogP contribution in [0.1, 0.15) is 11.1 Å². The first-order chi connectivity index (χ1) is 13.9. The van der Waals surface area contributed by atoms with Gasteiger partial charge in [0.2, 0.25) is 10.0 Å². The van der Waals surface area contributed by atoms with Crippen LogP contribution in [0.3, 0.4) is 0 Å². The highest BCUT2D eigenvalue weighted by Crippen LogP contribution is 2.19. The fraction of sp³-hybridized carbons (Fsp3) is 0.400. The summed E-state index contributed by atoms with van der Waals surface area (Å²) >= 11 is 5.33. The number of aryl methyl sites for hydroxylation is 2. The molecule has 0 saturated carbocycles. The number of benzene rings is 1. The van der Waals surface area contributed by atoms with Gasteiger partial charge in [-0.15, -0.1) is 0 Å². The van der Waals surface area contributed by atoms with E-state index in [2.05, 4.69) is 20.5 Å². The van der Waals surface area contributed by atoms with Crippen LogP contribution in [0.5, 0.6) is 0 Å². The summed E-state index contributed by atoms with van der Waals surface area (Å²) in [5.41, 5.74) is 3.14. The van der Waals surface area contributed by atoms with Gasteiger partial charge in [0.1, 0.15) is 5.82 Å². The number of nitrogens with zero attached hydrogens (tertiary/aromatic N) is 3. The van der Waals surface area contributed by atoms with E-state index >= 15 is 0 Å². The van der Waals surface area contributed by atoms with Gasteiger partial charge in [0.25, 0.3) is 0 Å². The number of para-hydroxylation sites is 1. The number of rotatable bonds is 6. The van der Waals surface area contributed by atoms with Gasteiger partial charge in [-0.3, -0.25) is 0 Å². The number of pyridine rings is 1. The molecule has 3 rings (SSSR count). The van der Waals surface area contributed by atoms with Crippen LogP contribution in [0, 0.1) is 13.8 Å². The van der Waals surface area contributed by atoms with Crippen molar-refractivity contribution in [1.82, 2.24) is 14.6 Å². The lowest BCUT2D eigenvalue weighted by Gasteiger charge is -2.34. The largest absolute Gasteiger partial charge is 0.361 e. The Kier molecular flexibility index (Phi) is 7.05. The Labute approximate surface area is 178 Å². The van der Waals surface area contributed by atoms with Gasteiger partial charge in [-0.25, -0.2) is 13.4 Å². The third-order valence-electron chi connectivity index (χ3n) is 4.97. The fourth-order valence-corrected chi connectivity index (χ4v) is 4.87. The minimum absolute atomic E-state index is 0.00512. The van der Waals surface area contributed by atoms with E-state index < -0.39 is 10.0 Å². The molecule has 1 saturated heterocycles. The predicted octanol–water partition coefficient (Wildman–Crippen LogP) is 2.14. The van der Waals surface area contributed by atoms with Crippen molar-refractivity contribution in [2.75, 3.05) is 48.7 Å². The first kappa shape index (κ1) is 21.5. The van der Waals surface area contributed by atoms with Crippen molar-refractivity contribution in [3.8, 4) is 0 Å². The van der Waals surface area contributed by atoms with Gasteiger partial charge in [0, 0.05) is 44.6 Å². The zero-order chi connectivity index (χ0) is 20.9. The Bertz CT molecular complexity index is 922. The first-order valence-electron chi connectivity index (χ1n) is 9.62. The van der Waals surface area contributed by atoms with Crippen LogP contribution in [0.25, 0.3) is 0 Å². The van der Waals surface area contributed by atoms with Crippen molar-refractivity contribution < 1.29 is 8.42 Å². The van der Waals surface area contributed by atoms with Gasteiger partial charge < -0.3 is 15.5 Å². The second-order valence-corrected chi connectivity index (χ2v) is 9.53. The molecule has 7 nitrogen and oxygen atoms in total. The smallest absolute Gasteiger partial charge is 0.215 e. The van der Waals surface area contributed by atoms with Crippen LogP contribution in [-0.4, -0.2) is 61.3 Å². The minimum atomic E-state index is -3.34. The van der Waals surface area contributed by atoms with Gasteiger partial charge in [-0.2, -0.15) is 4.31 Å². The summed E-state index contributed by atoms with van der Waals surface area (Å²) in [7, 11) is -3.34. The van der Waals surface area contributed by atoms with E-state index in [1.807, 2.05) is 50.2 Å². The van der Waals surface area contributed by atoms with Gasteiger partial charge in [0.15, 0.2) is 5.11 Å². The summed E-state index contributed by atoms with van der Waals surface area (Å²) in [5.74, 6) is 0.889. The summed E-state index contributed by atoms with van der Waals surface area (Å²) in [6.07, 6.45) is 1.75. The topological polar surface area (TPSA) is 77.6 Å². The Morgan fingerprint density at radius 2 is 1.76 bits per heavy atom. The molecule has 0 spiro atoms. The Hall–Kier alpha value is -2.23. The Balaban J connectivity index is 1.46. The molecule has 0 unspecified atom stereocenters. The number of aromatic nitrogens is 1. The number of hydrogen-bond donors (Lipinski definition) is 2. The second-order valence-electron chi connectivity index (χ2n) is 7.04. The molecule has 2 N–H and O–H groups in total. The van der Waals surface area contributed by atoms with Crippen molar-refractivity contribution in [3.63, 3.8) is 0 Å². The molecule has 0 atom stereocenters. The molecule has 1 aliphatic heterocycles. The van der Waals surface area contributed by atoms with Crippen LogP contribution >= 0.6 is 12.2 Å². The van der Waals surface area contributed by atoms with Crippen LogP contribution in [0.2, 0.25) is 0 Å². The summed E-state index contributed by atoms with van der Waals surface area (Å²) in [4.78, 5) is 6.44. The quantitative estimate of drug-likeness (QED) is 0.676. The molecule has 1 fully saturated rings. The number of nitrogens with one attached hydrogen (secondary N) is 2. The number of anilines is 2. The third-order valence-corrected chi connectivity index (χ3v) is 7.09. The average molecular weight is 434 g/mol. The normalized spacial score (nSPS) is 15.2. The molecular formula is C20H27N5O2S2. The molecule has 156 valence electrons. The molecule has 29 heavy (non-hydrogen) atoms. The molecule has 0 aliphatic carbocycles. The molecule has 2 heterocycles. The molecule has 1 aromatic carbocycles. The van der Waals surface area contributed by atoms with Crippen LogP contribution < -0.4 is 15.5 Å². The maximum atomic E-state index is 12.7. The maximum Gasteiger partial charge on any atom is 0.215 e. The van der Waals surface area contributed by atoms with Gasteiger partial charge >= 0.3 is 0 Å². The van der Waals surface area contributed by atoms with Crippen molar-refractivity contribution in [3.05, 3.63) is 53.7 Å². The molecular weight excluding hydrogens is 406 g/mol. The lowest BCUT2D eigenvalue weighted by atomic mass is 10.1. The maximum absolute atomic E-state index is 12.7. The van der Waals surface area contributed by atoms with E-state index in [1.54, 1.807) is 10.5 Å². The summed E-state index contributed by atoms with van der Waals surface area (Å²) in [6, 6.07) is 11.8. The van der Waals surface area contributed by atoms with Crippen LogP contribution in [0.15, 0.2) is 42.6 Å². The van der Waals surface area contributed by atoms with E-state index in [1.165, 1.54) is 0 Å². The Morgan fingerprint density at radius 3 is 2.38 bits per heavy atom. The SMILES string of the molecule is Cc1cccc(C)c1NC(=S)NCCS(=O)(=O)N1CCN(c2ccccn2)CC1. The molecule has 0 amide bonds. The first-order valence-corrected chi connectivity index (χ1v) is 11.6. The fourth-order valence-electron chi connectivity index (χ4n) is 3.33. The van der Waals surface area contributed by atoms with Gasteiger partial charge in [-0.1, -0.05) is 24.3 Å². The molecule has 0 bridgehead atoms. The molecule has 9 heteroatoms. The lowest BCUT2D eigenvalue weighted by molar-refractivity contribution is 0.384. The standard InChI is InChI=1S/C20H27N5O2S2/c1-16-6-5-7-17(2)19(16)23-20(28)22-10-15-29(26,27)25-13-11-24(12-14-25)18-8-3-4-9-21-18/h3-9H,10-15H2,1-2H3,(H2,22,23,28). The van der Waals surface area contributed by atoms with E-state index in [0.717, 1.165) is 22.6 Å². The van der Waals surface area contributed by atoms with Crippen molar-refractivity contribution in [2.24, 2.45) is 0 Å². The van der Waals surface area contributed by atoms with Crippen molar-refractivity contribution >= 4 is 38.9 Å².